The highest BCUT2D eigenvalue weighted by molar-refractivity contribution is 5.46. The van der Waals surface area contributed by atoms with Crippen LogP contribution in [0.1, 0.15) is 54.6 Å². The van der Waals surface area contributed by atoms with E-state index in [-0.39, 0.29) is 17.1 Å². The molecule has 3 heterocycles. The molecule has 0 unspecified atom stereocenters. The first-order chi connectivity index (χ1) is 13.6. The molecule has 0 radical (unpaired) electrons. The summed E-state index contributed by atoms with van der Waals surface area (Å²) in [4.78, 5) is 21.0. The maximum atomic E-state index is 15.3. The summed E-state index contributed by atoms with van der Waals surface area (Å²) in [6.45, 7) is 1.90. The number of fused-ring (bicyclic) bond motifs is 1. The molecule has 1 saturated heterocycles. The summed E-state index contributed by atoms with van der Waals surface area (Å²) in [5, 5.41) is 0. The van der Waals surface area contributed by atoms with E-state index < -0.39 is 17.5 Å². The van der Waals surface area contributed by atoms with Crippen LogP contribution in [-0.2, 0) is 6.54 Å². The second-order valence-electron chi connectivity index (χ2n) is 7.95. The third-order valence-electron chi connectivity index (χ3n) is 6.12. The lowest BCUT2D eigenvalue weighted by atomic mass is 9.91. The van der Waals surface area contributed by atoms with Crippen LogP contribution in [0.15, 0.2) is 35.1 Å². The second-order valence-corrected chi connectivity index (χ2v) is 7.95. The first kappa shape index (κ1) is 17.6. The summed E-state index contributed by atoms with van der Waals surface area (Å²) in [6.07, 6.45) is 3.75. The molecule has 1 saturated carbocycles. The molecule has 2 aromatic heterocycles. The van der Waals surface area contributed by atoms with Crippen molar-refractivity contribution in [3.05, 3.63) is 69.7 Å². The first-order valence-electron chi connectivity index (χ1n) is 9.87. The molecule has 5 nitrogen and oxygen atoms in total. The fourth-order valence-electron chi connectivity index (χ4n) is 4.61. The van der Waals surface area contributed by atoms with Crippen LogP contribution in [0.2, 0.25) is 0 Å². The topological polar surface area (TPSA) is 53.4 Å². The zero-order valence-electron chi connectivity index (χ0n) is 15.5. The van der Waals surface area contributed by atoms with E-state index in [1.54, 1.807) is 0 Å². The fourth-order valence-corrected chi connectivity index (χ4v) is 4.61. The summed E-state index contributed by atoms with van der Waals surface area (Å²) < 4.78 is 30.7. The van der Waals surface area contributed by atoms with E-state index in [0.717, 1.165) is 43.2 Å². The van der Waals surface area contributed by atoms with Crippen molar-refractivity contribution < 1.29 is 8.78 Å². The molecule has 2 fully saturated rings. The van der Waals surface area contributed by atoms with Crippen LogP contribution in [-0.4, -0.2) is 32.4 Å². The molecular weight excluding hydrogens is 362 g/mol. The summed E-state index contributed by atoms with van der Waals surface area (Å²) >= 11 is 0. The number of nitrogens with zero attached hydrogens (tertiary/aromatic N) is 3. The third-order valence-corrected chi connectivity index (χ3v) is 6.12. The number of rotatable bonds is 4. The van der Waals surface area contributed by atoms with Gasteiger partial charge in [0.25, 0.3) is 5.56 Å². The summed E-state index contributed by atoms with van der Waals surface area (Å²) in [6, 6.07) is 10.2. The van der Waals surface area contributed by atoms with Gasteiger partial charge in [-0.15, -0.1) is 0 Å². The van der Waals surface area contributed by atoms with Gasteiger partial charge in [0.05, 0.1) is 5.69 Å². The van der Waals surface area contributed by atoms with E-state index in [9.17, 15) is 9.18 Å². The molecule has 1 aliphatic carbocycles. The van der Waals surface area contributed by atoms with Crippen LogP contribution in [0, 0.1) is 11.9 Å². The normalized spacial score (nSPS) is 18.8. The number of hydrogen-bond acceptors (Lipinski definition) is 3. The van der Waals surface area contributed by atoms with E-state index in [1.807, 2.05) is 18.2 Å². The van der Waals surface area contributed by atoms with Gasteiger partial charge in [0.15, 0.2) is 5.52 Å². The Balaban J connectivity index is 1.43. The second kappa shape index (κ2) is 6.81. The zero-order chi connectivity index (χ0) is 19.3. The molecule has 2 aliphatic rings. The average molecular weight is 384 g/mol. The van der Waals surface area contributed by atoms with Crippen LogP contribution in [0.5, 0.6) is 0 Å². The van der Waals surface area contributed by atoms with Crippen LogP contribution in [0.25, 0.3) is 5.52 Å². The van der Waals surface area contributed by atoms with Crippen molar-refractivity contribution in [3.8, 4) is 0 Å². The molecular formula is C21H22F2N4O. The van der Waals surface area contributed by atoms with E-state index >= 15 is 4.39 Å². The van der Waals surface area contributed by atoms with E-state index in [0.29, 0.717) is 18.3 Å². The molecule has 1 aliphatic heterocycles. The minimum atomic E-state index is -0.887. The first-order valence-corrected chi connectivity index (χ1v) is 9.87. The van der Waals surface area contributed by atoms with Gasteiger partial charge in [-0.2, -0.15) is 8.78 Å². The highest BCUT2D eigenvalue weighted by Gasteiger charge is 2.31. The number of benzene rings is 1. The van der Waals surface area contributed by atoms with Crippen LogP contribution in [0.4, 0.5) is 8.78 Å². The Morgan fingerprint density at radius 2 is 1.79 bits per heavy atom. The predicted molar refractivity (Wildman–Crippen MR) is 101 cm³/mol. The molecule has 7 heteroatoms. The number of aromatic amines is 1. The summed E-state index contributed by atoms with van der Waals surface area (Å²) in [5.74, 6) is -0.717. The number of likely N-dealkylation sites (tertiary alicyclic amines) is 1. The summed E-state index contributed by atoms with van der Waals surface area (Å²) in [7, 11) is 0. The van der Waals surface area contributed by atoms with Crippen molar-refractivity contribution in [1.29, 1.82) is 0 Å². The Kier molecular flexibility index (Phi) is 4.27. The van der Waals surface area contributed by atoms with Gasteiger partial charge < -0.3 is 4.98 Å². The van der Waals surface area contributed by atoms with Crippen molar-refractivity contribution in [2.75, 3.05) is 13.1 Å². The van der Waals surface area contributed by atoms with E-state index in [1.165, 1.54) is 5.56 Å². The maximum absolute atomic E-state index is 15.3. The molecule has 1 aromatic carbocycles. The van der Waals surface area contributed by atoms with Gasteiger partial charge in [-0.3, -0.25) is 14.1 Å². The van der Waals surface area contributed by atoms with Crippen LogP contribution < -0.4 is 5.56 Å². The van der Waals surface area contributed by atoms with Gasteiger partial charge in [0, 0.05) is 31.5 Å². The monoisotopic (exact) mass is 384 g/mol. The van der Waals surface area contributed by atoms with Gasteiger partial charge in [0.2, 0.25) is 11.9 Å². The molecule has 0 atom stereocenters. The quantitative estimate of drug-likeness (QED) is 0.748. The highest BCUT2D eigenvalue weighted by atomic mass is 19.1. The molecule has 0 amide bonds. The molecule has 0 spiro atoms. The Bertz CT molecular complexity index is 1060. The smallest absolute Gasteiger partial charge is 0.277 e. The lowest BCUT2D eigenvalue weighted by molar-refractivity contribution is 0.135. The average Bonchev–Trinajstić information content (AvgIpc) is 3.30. The molecule has 3 aromatic rings. The van der Waals surface area contributed by atoms with Crippen molar-refractivity contribution in [1.82, 2.24) is 19.3 Å². The van der Waals surface area contributed by atoms with Gasteiger partial charge in [-0.25, -0.2) is 4.98 Å². The van der Waals surface area contributed by atoms with Gasteiger partial charge >= 0.3 is 0 Å². The SMILES string of the molecule is O=c1[nH]c(CN2CC(c3ccccc3)C2)c(F)n2c(C3CCCC3)nc(F)c12. The Morgan fingerprint density at radius 3 is 2.50 bits per heavy atom. The number of halogens is 2. The molecule has 5 rings (SSSR count). The zero-order valence-corrected chi connectivity index (χ0v) is 15.5. The van der Waals surface area contributed by atoms with E-state index in [4.69, 9.17) is 0 Å². The van der Waals surface area contributed by atoms with Crippen molar-refractivity contribution >= 4 is 5.52 Å². The van der Waals surface area contributed by atoms with Gasteiger partial charge in [-0.1, -0.05) is 43.2 Å². The number of nitrogens with one attached hydrogen (secondary N) is 1. The van der Waals surface area contributed by atoms with E-state index in [2.05, 4.69) is 27.0 Å². The lowest BCUT2D eigenvalue weighted by Gasteiger charge is -2.39. The Morgan fingerprint density at radius 1 is 1.07 bits per heavy atom. The number of H-pyrrole nitrogens is 1. The van der Waals surface area contributed by atoms with Crippen LogP contribution in [0.3, 0.4) is 0 Å². The molecule has 146 valence electrons. The van der Waals surface area contributed by atoms with Crippen molar-refractivity contribution in [2.45, 2.75) is 44.1 Å². The predicted octanol–water partition coefficient (Wildman–Crippen LogP) is 3.56. The Hall–Kier alpha value is -2.54. The minimum absolute atomic E-state index is 0.00706. The fraction of sp³-hybridized carbons (Fsp3) is 0.429. The van der Waals surface area contributed by atoms with Gasteiger partial charge in [-0.05, 0) is 18.4 Å². The molecule has 1 N–H and O–H groups in total. The third kappa shape index (κ3) is 2.85. The number of imidazole rings is 1. The minimum Gasteiger partial charge on any atom is -0.319 e. The maximum Gasteiger partial charge on any atom is 0.277 e. The molecule has 0 bridgehead atoms. The van der Waals surface area contributed by atoms with Crippen LogP contribution >= 0.6 is 0 Å². The van der Waals surface area contributed by atoms with Gasteiger partial charge in [0.1, 0.15) is 5.82 Å². The standard InChI is InChI=1S/C21H22F2N4O/c22-18-17-21(28)24-16(12-26-10-15(11-26)13-6-2-1-3-7-13)19(23)27(17)20(25-18)14-8-4-5-9-14/h1-3,6-7,14-15H,4-5,8-12H2,(H,24,28). The Labute approximate surface area is 161 Å². The van der Waals surface area contributed by atoms with Crippen molar-refractivity contribution in [2.24, 2.45) is 0 Å². The van der Waals surface area contributed by atoms with Crippen molar-refractivity contribution in [3.63, 3.8) is 0 Å². The highest BCUT2D eigenvalue weighted by Crippen LogP contribution is 2.34. The lowest BCUT2D eigenvalue weighted by Crippen LogP contribution is -2.44. The largest absolute Gasteiger partial charge is 0.319 e. The number of aromatic nitrogens is 3. The summed E-state index contributed by atoms with van der Waals surface area (Å²) in [5.41, 5.74) is 0.531. The number of hydrogen-bond donors (Lipinski definition) is 1. The molecule has 28 heavy (non-hydrogen) atoms.